The van der Waals surface area contributed by atoms with Crippen LogP contribution in [0.3, 0.4) is 0 Å². The molecule has 0 aliphatic heterocycles. The molecule has 0 heterocycles. The Labute approximate surface area is 111 Å². The van der Waals surface area contributed by atoms with Crippen LogP contribution in [-0.2, 0) is 11.2 Å². The van der Waals surface area contributed by atoms with E-state index >= 15 is 0 Å². The van der Waals surface area contributed by atoms with E-state index in [9.17, 15) is 13.6 Å². The predicted octanol–water partition coefficient (Wildman–Crippen LogP) is 1.75. The van der Waals surface area contributed by atoms with Crippen molar-refractivity contribution in [3.63, 3.8) is 0 Å². The third kappa shape index (κ3) is 3.73. The Morgan fingerprint density at radius 2 is 2.05 bits per heavy atom. The molecular weight excluding hydrogens is 250 g/mol. The highest BCUT2D eigenvalue weighted by molar-refractivity contribution is 5.76. The van der Waals surface area contributed by atoms with Gasteiger partial charge < -0.3 is 11.1 Å². The van der Waals surface area contributed by atoms with E-state index in [1.807, 2.05) is 0 Å². The van der Waals surface area contributed by atoms with Crippen LogP contribution in [0.4, 0.5) is 8.78 Å². The lowest BCUT2D eigenvalue weighted by molar-refractivity contribution is -0.121. The number of rotatable bonds is 6. The number of nitrogens with two attached hydrogens (primary N) is 1. The maximum absolute atomic E-state index is 13.0. The van der Waals surface area contributed by atoms with Crippen molar-refractivity contribution in [2.24, 2.45) is 11.1 Å². The minimum Gasteiger partial charge on any atom is -0.355 e. The largest absolute Gasteiger partial charge is 0.355 e. The quantitative estimate of drug-likeness (QED) is 0.826. The summed E-state index contributed by atoms with van der Waals surface area (Å²) in [4.78, 5) is 11.6. The molecule has 1 saturated carbocycles. The van der Waals surface area contributed by atoms with Gasteiger partial charge in [0.25, 0.3) is 0 Å². The Morgan fingerprint density at radius 1 is 1.32 bits per heavy atom. The standard InChI is InChI=1S/C14H18F2N2O/c15-11-3-1-10(7-12(11)16)2-4-13(19)18-9-14(8-17)5-6-14/h1,3,7H,2,4-6,8-9,17H2,(H,18,19). The van der Waals surface area contributed by atoms with Crippen molar-refractivity contribution in [1.82, 2.24) is 5.32 Å². The molecule has 0 atom stereocenters. The van der Waals surface area contributed by atoms with Crippen molar-refractivity contribution in [3.05, 3.63) is 35.4 Å². The average Bonchev–Trinajstić information content (AvgIpc) is 3.18. The lowest BCUT2D eigenvalue weighted by Crippen LogP contribution is -2.33. The minimum atomic E-state index is -0.877. The molecule has 1 aromatic rings. The molecule has 3 N–H and O–H groups in total. The van der Waals surface area contributed by atoms with Crippen molar-refractivity contribution in [3.8, 4) is 0 Å². The Bertz CT molecular complexity index is 473. The van der Waals surface area contributed by atoms with Gasteiger partial charge in [-0.25, -0.2) is 8.78 Å². The van der Waals surface area contributed by atoms with E-state index in [0.29, 0.717) is 25.1 Å². The highest BCUT2D eigenvalue weighted by Gasteiger charge is 2.41. The summed E-state index contributed by atoms with van der Waals surface area (Å²) in [5.74, 6) is -1.82. The third-order valence-electron chi connectivity index (χ3n) is 3.68. The van der Waals surface area contributed by atoms with Crippen molar-refractivity contribution in [2.45, 2.75) is 25.7 Å². The molecule has 0 radical (unpaired) electrons. The van der Waals surface area contributed by atoms with Gasteiger partial charge in [0.1, 0.15) is 0 Å². The summed E-state index contributed by atoms with van der Waals surface area (Å²) in [6.45, 7) is 1.20. The zero-order valence-electron chi connectivity index (χ0n) is 10.7. The van der Waals surface area contributed by atoms with Crippen LogP contribution >= 0.6 is 0 Å². The molecule has 19 heavy (non-hydrogen) atoms. The van der Waals surface area contributed by atoms with Gasteiger partial charge in [0.15, 0.2) is 11.6 Å². The number of hydrogen-bond acceptors (Lipinski definition) is 2. The third-order valence-corrected chi connectivity index (χ3v) is 3.68. The van der Waals surface area contributed by atoms with E-state index in [4.69, 9.17) is 5.73 Å². The zero-order valence-corrected chi connectivity index (χ0v) is 10.7. The lowest BCUT2D eigenvalue weighted by atomic mass is 10.1. The second-order valence-corrected chi connectivity index (χ2v) is 5.23. The lowest BCUT2D eigenvalue weighted by Gasteiger charge is -2.13. The number of halogens is 2. The van der Waals surface area contributed by atoms with Crippen LogP contribution in [0.15, 0.2) is 18.2 Å². The molecule has 1 aliphatic rings. The summed E-state index contributed by atoms with van der Waals surface area (Å²) in [7, 11) is 0. The topological polar surface area (TPSA) is 55.1 Å². The molecule has 1 fully saturated rings. The Balaban J connectivity index is 1.75. The van der Waals surface area contributed by atoms with Crippen LogP contribution in [0.5, 0.6) is 0 Å². The van der Waals surface area contributed by atoms with Gasteiger partial charge >= 0.3 is 0 Å². The van der Waals surface area contributed by atoms with Gasteiger partial charge in [-0.1, -0.05) is 6.07 Å². The van der Waals surface area contributed by atoms with Crippen LogP contribution in [0.25, 0.3) is 0 Å². The van der Waals surface area contributed by atoms with Crippen molar-refractivity contribution < 1.29 is 13.6 Å². The summed E-state index contributed by atoms with van der Waals surface area (Å²) >= 11 is 0. The minimum absolute atomic E-state index is 0.0792. The van der Waals surface area contributed by atoms with Gasteiger partial charge in [-0.15, -0.1) is 0 Å². The van der Waals surface area contributed by atoms with Crippen LogP contribution in [0.1, 0.15) is 24.8 Å². The van der Waals surface area contributed by atoms with Gasteiger partial charge in [-0.05, 0) is 48.9 Å². The molecule has 0 spiro atoms. The number of nitrogens with one attached hydrogen (secondary N) is 1. The van der Waals surface area contributed by atoms with E-state index in [2.05, 4.69) is 5.32 Å². The van der Waals surface area contributed by atoms with Crippen LogP contribution in [0.2, 0.25) is 0 Å². The van der Waals surface area contributed by atoms with Gasteiger partial charge in [-0.3, -0.25) is 4.79 Å². The Hall–Kier alpha value is -1.49. The van der Waals surface area contributed by atoms with E-state index < -0.39 is 11.6 Å². The smallest absolute Gasteiger partial charge is 0.220 e. The highest BCUT2D eigenvalue weighted by Crippen LogP contribution is 2.43. The van der Waals surface area contributed by atoms with Crippen molar-refractivity contribution in [2.75, 3.05) is 13.1 Å². The van der Waals surface area contributed by atoms with Gasteiger partial charge in [-0.2, -0.15) is 0 Å². The molecule has 0 bridgehead atoms. The SMILES string of the molecule is NCC1(CNC(=O)CCc2ccc(F)c(F)c2)CC1. The monoisotopic (exact) mass is 268 g/mol. The molecule has 3 nitrogen and oxygen atoms in total. The molecule has 0 saturated heterocycles. The fraction of sp³-hybridized carbons (Fsp3) is 0.500. The van der Waals surface area contributed by atoms with Gasteiger partial charge in [0.05, 0.1) is 0 Å². The van der Waals surface area contributed by atoms with E-state index in [1.165, 1.54) is 6.07 Å². The fourth-order valence-electron chi connectivity index (χ4n) is 1.96. The number of hydrogen-bond donors (Lipinski definition) is 2. The van der Waals surface area contributed by atoms with Crippen LogP contribution < -0.4 is 11.1 Å². The Kier molecular flexibility index (Phi) is 4.14. The van der Waals surface area contributed by atoms with Crippen LogP contribution in [0, 0.1) is 17.0 Å². The maximum atomic E-state index is 13.0. The number of benzene rings is 1. The summed E-state index contributed by atoms with van der Waals surface area (Å²) in [6.07, 6.45) is 2.80. The summed E-state index contributed by atoms with van der Waals surface area (Å²) in [5.41, 5.74) is 6.35. The maximum Gasteiger partial charge on any atom is 0.220 e. The van der Waals surface area contributed by atoms with E-state index in [0.717, 1.165) is 25.0 Å². The first-order valence-electron chi connectivity index (χ1n) is 6.45. The Morgan fingerprint density at radius 3 is 2.63 bits per heavy atom. The second kappa shape index (κ2) is 5.65. The molecule has 1 amide bonds. The predicted molar refractivity (Wildman–Crippen MR) is 68.4 cm³/mol. The van der Waals surface area contributed by atoms with E-state index in [-0.39, 0.29) is 17.7 Å². The highest BCUT2D eigenvalue weighted by atomic mass is 19.2. The fourth-order valence-corrected chi connectivity index (χ4v) is 1.96. The van der Waals surface area contributed by atoms with Gasteiger partial charge in [0, 0.05) is 13.0 Å². The second-order valence-electron chi connectivity index (χ2n) is 5.23. The summed E-state index contributed by atoms with van der Waals surface area (Å²) < 4.78 is 25.7. The molecule has 1 aromatic carbocycles. The molecular formula is C14H18F2N2O. The van der Waals surface area contributed by atoms with Crippen LogP contribution in [-0.4, -0.2) is 19.0 Å². The number of carbonyl (C=O) groups excluding carboxylic acids is 1. The molecule has 104 valence electrons. The van der Waals surface area contributed by atoms with E-state index in [1.54, 1.807) is 0 Å². The van der Waals surface area contributed by atoms with Crippen molar-refractivity contribution >= 4 is 5.91 Å². The molecule has 0 unspecified atom stereocenters. The van der Waals surface area contributed by atoms with Crippen molar-refractivity contribution in [1.29, 1.82) is 0 Å². The molecule has 0 aromatic heterocycles. The number of aryl methyl sites for hydroxylation is 1. The summed E-state index contributed by atoms with van der Waals surface area (Å²) in [6, 6.07) is 3.70. The number of carbonyl (C=O) groups is 1. The first-order chi connectivity index (χ1) is 9.04. The normalized spacial score (nSPS) is 16.2. The summed E-state index contributed by atoms with van der Waals surface area (Å²) in [5, 5.41) is 2.85. The first-order valence-corrected chi connectivity index (χ1v) is 6.45. The first kappa shape index (κ1) is 13.9. The molecule has 2 rings (SSSR count). The molecule has 5 heteroatoms. The molecule has 1 aliphatic carbocycles. The zero-order chi connectivity index (χ0) is 13.9. The van der Waals surface area contributed by atoms with Gasteiger partial charge in [0.2, 0.25) is 5.91 Å². The number of amides is 1. The average molecular weight is 268 g/mol.